The molecule has 2 amide bonds. The van der Waals surface area contributed by atoms with Gasteiger partial charge in [0, 0.05) is 6.54 Å². The summed E-state index contributed by atoms with van der Waals surface area (Å²) in [6.07, 6.45) is -2.54. The first-order valence-electron chi connectivity index (χ1n) is 9.19. The molecule has 0 aromatic carbocycles. The van der Waals surface area contributed by atoms with Gasteiger partial charge in [0.05, 0.1) is 26.2 Å². The maximum absolute atomic E-state index is 11.6. The van der Waals surface area contributed by atoms with E-state index in [0.717, 1.165) is 0 Å². The lowest BCUT2D eigenvalue weighted by molar-refractivity contribution is -0.158. The molecule has 0 aliphatic carbocycles. The normalized spacial score (nSPS) is 11.9. The Kier molecular flexibility index (Phi) is 13.9. The van der Waals surface area contributed by atoms with Gasteiger partial charge in [0.25, 0.3) is 0 Å². The number of hydrogen-bond donors (Lipinski definition) is 4. The third-order valence-electron chi connectivity index (χ3n) is 2.80. The van der Waals surface area contributed by atoms with E-state index in [9.17, 15) is 19.2 Å². The molecule has 5 N–H and O–H groups in total. The Bertz CT molecular complexity index is 550. The number of esters is 1. The number of carbonyl (C=O) groups excluding carboxylic acids is 3. The highest BCUT2D eigenvalue weighted by Crippen LogP contribution is 2.09. The van der Waals surface area contributed by atoms with Crippen LogP contribution in [0.1, 0.15) is 27.2 Å². The topological polar surface area (TPSA) is 185 Å². The van der Waals surface area contributed by atoms with Crippen LogP contribution in [0.15, 0.2) is 0 Å². The van der Waals surface area contributed by atoms with Crippen molar-refractivity contribution in [2.75, 3.05) is 46.1 Å². The molecule has 30 heavy (non-hydrogen) atoms. The fourth-order valence-corrected chi connectivity index (χ4v) is 1.71. The number of carboxylic acid groups (broad SMARTS) is 1. The Morgan fingerprint density at radius 2 is 1.53 bits per heavy atom. The van der Waals surface area contributed by atoms with E-state index in [-0.39, 0.29) is 46.0 Å². The molecule has 13 nitrogen and oxygen atoms in total. The van der Waals surface area contributed by atoms with E-state index in [4.69, 9.17) is 29.8 Å². The molecule has 0 saturated carbocycles. The van der Waals surface area contributed by atoms with Crippen LogP contribution >= 0.6 is 0 Å². The Labute approximate surface area is 174 Å². The van der Waals surface area contributed by atoms with Crippen molar-refractivity contribution in [1.82, 2.24) is 10.6 Å². The fourth-order valence-electron chi connectivity index (χ4n) is 1.71. The molecule has 1 atom stereocenters. The highest BCUT2D eigenvalue weighted by molar-refractivity contribution is 5.76. The van der Waals surface area contributed by atoms with Gasteiger partial charge < -0.3 is 45.2 Å². The summed E-state index contributed by atoms with van der Waals surface area (Å²) in [4.78, 5) is 44.3. The SMILES string of the molecule is CC(C)(C)OC(=O)CC(N)OCCOC(=O)NCCOCCOC(=O)NCC(=O)O. The van der Waals surface area contributed by atoms with Crippen molar-refractivity contribution in [1.29, 1.82) is 0 Å². The Morgan fingerprint density at radius 3 is 2.13 bits per heavy atom. The van der Waals surface area contributed by atoms with Crippen molar-refractivity contribution in [2.24, 2.45) is 5.73 Å². The summed E-state index contributed by atoms with van der Waals surface area (Å²) in [5.41, 5.74) is 5.03. The van der Waals surface area contributed by atoms with Gasteiger partial charge in [0.2, 0.25) is 0 Å². The molecule has 13 heteroatoms. The van der Waals surface area contributed by atoms with Crippen LogP contribution in [0.25, 0.3) is 0 Å². The number of ether oxygens (including phenoxy) is 5. The standard InChI is InChI=1S/C17H31N3O10/c1-17(2,3)30-14(23)10-12(18)27-8-9-29-15(24)19-4-5-26-6-7-28-16(25)20-11-13(21)22/h12H,4-11,18H2,1-3H3,(H,19,24)(H,20,25)(H,21,22). The number of carbonyl (C=O) groups is 4. The van der Waals surface area contributed by atoms with E-state index >= 15 is 0 Å². The quantitative estimate of drug-likeness (QED) is 0.120. The van der Waals surface area contributed by atoms with Crippen LogP contribution in [0.3, 0.4) is 0 Å². The number of aliphatic carboxylic acids is 1. The zero-order chi connectivity index (χ0) is 23.0. The monoisotopic (exact) mass is 437 g/mol. The number of amides is 2. The molecule has 174 valence electrons. The number of alkyl carbamates (subject to hydrolysis) is 2. The maximum atomic E-state index is 11.6. The molecule has 0 rings (SSSR count). The summed E-state index contributed by atoms with van der Waals surface area (Å²) < 4.78 is 24.9. The summed E-state index contributed by atoms with van der Waals surface area (Å²) in [6.45, 7) is 4.94. The minimum atomic E-state index is -1.18. The van der Waals surface area contributed by atoms with Gasteiger partial charge >= 0.3 is 24.1 Å². The first-order valence-corrected chi connectivity index (χ1v) is 9.19. The zero-order valence-corrected chi connectivity index (χ0v) is 17.4. The van der Waals surface area contributed by atoms with E-state index in [1.165, 1.54) is 0 Å². The van der Waals surface area contributed by atoms with Crippen molar-refractivity contribution >= 4 is 24.1 Å². The second-order valence-corrected chi connectivity index (χ2v) is 6.76. The Morgan fingerprint density at radius 1 is 0.933 bits per heavy atom. The molecule has 0 aromatic heterocycles. The number of nitrogens with two attached hydrogens (primary N) is 1. The highest BCUT2D eigenvalue weighted by atomic mass is 16.6. The average Bonchev–Trinajstić information content (AvgIpc) is 2.61. The molecule has 0 fully saturated rings. The predicted molar refractivity (Wildman–Crippen MR) is 102 cm³/mol. The smallest absolute Gasteiger partial charge is 0.407 e. The fraction of sp³-hybridized carbons (Fsp3) is 0.765. The number of carboxylic acids is 1. The molecule has 0 spiro atoms. The van der Waals surface area contributed by atoms with Gasteiger partial charge in [0.15, 0.2) is 0 Å². The molecule has 0 aliphatic heterocycles. The zero-order valence-electron chi connectivity index (χ0n) is 17.4. The molecule has 0 aromatic rings. The lowest BCUT2D eigenvalue weighted by atomic mass is 10.2. The molecule has 0 bridgehead atoms. The molecule has 0 radical (unpaired) electrons. The molecule has 1 unspecified atom stereocenters. The van der Waals surface area contributed by atoms with Gasteiger partial charge in [-0.15, -0.1) is 0 Å². The van der Waals surface area contributed by atoms with Crippen LogP contribution < -0.4 is 16.4 Å². The van der Waals surface area contributed by atoms with E-state index < -0.39 is 42.5 Å². The van der Waals surface area contributed by atoms with Gasteiger partial charge in [-0.25, -0.2) is 9.59 Å². The van der Waals surface area contributed by atoms with Crippen LogP contribution in [-0.2, 0) is 33.3 Å². The predicted octanol–water partition coefficient (Wildman–Crippen LogP) is -0.427. The summed E-state index contributed by atoms with van der Waals surface area (Å²) in [6, 6.07) is 0. The summed E-state index contributed by atoms with van der Waals surface area (Å²) in [5, 5.41) is 12.8. The molecule has 0 aliphatic rings. The molecular weight excluding hydrogens is 406 g/mol. The second-order valence-electron chi connectivity index (χ2n) is 6.76. The third kappa shape index (κ3) is 18.7. The Hall–Kier alpha value is -2.64. The van der Waals surface area contributed by atoms with Crippen LogP contribution in [-0.4, -0.2) is 87.2 Å². The number of hydrogen-bond acceptors (Lipinski definition) is 10. The minimum absolute atomic E-state index is 0.00909. The van der Waals surface area contributed by atoms with Crippen LogP contribution in [0.2, 0.25) is 0 Å². The van der Waals surface area contributed by atoms with Crippen LogP contribution in [0.4, 0.5) is 9.59 Å². The van der Waals surface area contributed by atoms with Gasteiger partial charge in [-0.2, -0.15) is 0 Å². The van der Waals surface area contributed by atoms with Crippen molar-refractivity contribution in [3.63, 3.8) is 0 Å². The highest BCUT2D eigenvalue weighted by Gasteiger charge is 2.19. The van der Waals surface area contributed by atoms with Crippen molar-refractivity contribution in [2.45, 2.75) is 39.0 Å². The molecule has 0 heterocycles. The lowest BCUT2D eigenvalue weighted by Gasteiger charge is -2.21. The van der Waals surface area contributed by atoms with Gasteiger partial charge in [-0.1, -0.05) is 0 Å². The summed E-state index contributed by atoms with van der Waals surface area (Å²) >= 11 is 0. The average molecular weight is 437 g/mol. The van der Waals surface area contributed by atoms with E-state index in [2.05, 4.69) is 10.1 Å². The second kappa shape index (κ2) is 15.2. The third-order valence-corrected chi connectivity index (χ3v) is 2.80. The molecule has 0 saturated heterocycles. The van der Waals surface area contributed by atoms with Crippen molar-refractivity contribution < 1.29 is 48.0 Å². The first-order chi connectivity index (χ1) is 14.0. The van der Waals surface area contributed by atoms with Crippen molar-refractivity contribution in [3.05, 3.63) is 0 Å². The molecular formula is C17H31N3O10. The Balaban J connectivity index is 3.56. The summed E-state index contributed by atoms with van der Waals surface area (Å²) in [7, 11) is 0. The van der Waals surface area contributed by atoms with E-state index in [1.54, 1.807) is 20.8 Å². The van der Waals surface area contributed by atoms with Crippen LogP contribution in [0, 0.1) is 0 Å². The van der Waals surface area contributed by atoms with Gasteiger partial charge in [0.1, 0.15) is 31.6 Å². The van der Waals surface area contributed by atoms with Gasteiger partial charge in [-0.05, 0) is 20.8 Å². The van der Waals surface area contributed by atoms with E-state index in [0.29, 0.717) is 0 Å². The van der Waals surface area contributed by atoms with Gasteiger partial charge in [-0.3, -0.25) is 9.59 Å². The minimum Gasteiger partial charge on any atom is -0.480 e. The van der Waals surface area contributed by atoms with E-state index in [1.807, 2.05) is 5.32 Å². The number of rotatable bonds is 14. The number of nitrogens with one attached hydrogen (secondary N) is 2. The van der Waals surface area contributed by atoms with Crippen molar-refractivity contribution in [3.8, 4) is 0 Å². The summed E-state index contributed by atoms with van der Waals surface area (Å²) in [5.74, 6) is -1.67. The lowest BCUT2D eigenvalue weighted by Crippen LogP contribution is -2.33. The first kappa shape index (κ1) is 27.4. The maximum Gasteiger partial charge on any atom is 0.407 e. The van der Waals surface area contributed by atoms with Crippen LogP contribution in [0.5, 0.6) is 0 Å². The largest absolute Gasteiger partial charge is 0.480 e.